The minimum Gasteiger partial charge on any atom is -0.492 e. The van der Waals surface area contributed by atoms with Gasteiger partial charge in [-0.15, -0.1) is 11.3 Å². The summed E-state index contributed by atoms with van der Waals surface area (Å²) in [6, 6.07) is 9.43. The van der Waals surface area contributed by atoms with E-state index in [1.54, 1.807) is 0 Å². The number of carbonyl (C=O) groups is 1. The maximum atomic E-state index is 11.8. The molecule has 0 saturated carbocycles. The standard InChI is InChI=1S/C15H15ClO2S/c1-11-6-7-14(12(16)10-11)18-8-2-4-13(17)15-5-3-9-19-15/h3,5-7,9-10H,2,4,8H2,1H3. The molecular formula is C15H15ClO2S. The number of carbonyl (C=O) groups excluding carboxylic acids is 1. The number of benzene rings is 1. The molecule has 1 heterocycles. The van der Waals surface area contributed by atoms with Crippen molar-refractivity contribution in [3.63, 3.8) is 0 Å². The third-order valence-corrected chi connectivity index (χ3v) is 3.90. The van der Waals surface area contributed by atoms with Gasteiger partial charge in [0.25, 0.3) is 0 Å². The number of ether oxygens (including phenoxy) is 1. The number of halogens is 1. The topological polar surface area (TPSA) is 26.3 Å². The number of Topliss-reactive ketones (excluding diaryl/α,β-unsaturated/α-hetero) is 1. The van der Waals surface area contributed by atoms with Gasteiger partial charge in [0.15, 0.2) is 5.78 Å². The minimum absolute atomic E-state index is 0.175. The Kier molecular flexibility index (Phi) is 5.00. The number of hydrogen-bond acceptors (Lipinski definition) is 3. The van der Waals surface area contributed by atoms with Crippen LogP contribution in [0.1, 0.15) is 28.1 Å². The molecule has 2 rings (SSSR count). The highest BCUT2D eigenvalue weighted by atomic mass is 35.5. The summed E-state index contributed by atoms with van der Waals surface area (Å²) < 4.78 is 5.58. The molecule has 0 atom stereocenters. The van der Waals surface area contributed by atoms with Crippen LogP contribution in [0, 0.1) is 6.92 Å². The van der Waals surface area contributed by atoms with Gasteiger partial charge in [0.05, 0.1) is 16.5 Å². The Labute approximate surface area is 122 Å². The molecule has 1 aromatic heterocycles. The molecular weight excluding hydrogens is 280 g/mol. The average Bonchev–Trinajstić information content (AvgIpc) is 2.90. The maximum absolute atomic E-state index is 11.8. The van der Waals surface area contributed by atoms with Crippen LogP contribution in [-0.2, 0) is 0 Å². The summed E-state index contributed by atoms with van der Waals surface area (Å²) in [5.41, 5.74) is 1.10. The first-order chi connectivity index (χ1) is 9.16. The fraction of sp³-hybridized carbons (Fsp3) is 0.267. The SMILES string of the molecule is Cc1ccc(OCCCC(=O)c2cccs2)c(Cl)c1. The molecule has 0 unspecified atom stereocenters. The summed E-state index contributed by atoms with van der Waals surface area (Å²) in [5, 5.41) is 2.53. The van der Waals surface area contributed by atoms with Crippen LogP contribution in [0.15, 0.2) is 35.7 Å². The van der Waals surface area contributed by atoms with Crippen molar-refractivity contribution in [2.45, 2.75) is 19.8 Å². The van der Waals surface area contributed by atoms with Crippen molar-refractivity contribution in [1.82, 2.24) is 0 Å². The fourth-order valence-electron chi connectivity index (χ4n) is 1.70. The zero-order chi connectivity index (χ0) is 13.7. The molecule has 2 aromatic rings. The van der Waals surface area contributed by atoms with Gasteiger partial charge in [0.2, 0.25) is 0 Å². The molecule has 0 aliphatic rings. The highest BCUT2D eigenvalue weighted by Crippen LogP contribution is 2.25. The average molecular weight is 295 g/mol. The lowest BCUT2D eigenvalue weighted by molar-refractivity contribution is 0.0977. The van der Waals surface area contributed by atoms with Crippen molar-refractivity contribution in [2.75, 3.05) is 6.61 Å². The van der Waals surface area contributed by atoms with Crippen molar-refractivity contribution < 1.29 is 9.53 Å². The Balaban J connectivity index is 1.76. The van der Waals surface area contributed by atoms with E-state index in [1.807, 2.05) is 42.6 Å². The Morgan fingerprint density at radius 3 is 2.89 bits per heavy atom. The van der Waals surface area contributed by atoms with Gasteiger partial charge in [-0.3, -0.25) is 4.79 Å². The van der Waals surface area contributed by atoms with Crippen LogP contribution in [0.5, 0.6) is 5.75 Å². The largest absolute Gasteiger partial charge is 0.492 e. The van der Waals surface area contributed by atoms with Crippen molar-refractivity contribution in [1.29, 1.82) is 0 Å². The lowest BCUT2D eigenvalue weighted by Gasteiger charge is -2.08. The van der Waals surface area contributed by atoms with Gasteiger partial charge in [-0.05, 0) is 42.5 Å². The Morgan fingerprint density at radius 2 is 2.21 bits per heavy atom. The number of thiophene rings is 1. The summed E-state index contributed by atoms with van der Waals surface area (Å²) in [4.78, 5) is 12.6. The first-order valence-electron chi connectivity index (χ1n) is 6.12. The van der Waals surface area contributed by atoms with Crippen LogP contribution in [0.25, 0.3) is 0 Å². The third-order valence-electron chi connectivity index (χ3n) is 2.69. The van der Waals surface area contributed by atoms with Crippen LogP contribution in [-0.4, -0.2) is 12.4 Å². The van der Waals surface area contributed by atoms with Crippen LogP contribution < -0.4 is 4.74 Å². The van der Waals surface area contributed by atoms with Gasteiger partial charge in [-0.25, -0.2) is 0 Å². The number of aryl methyl sites for hydroxylation is 1. The van der Waals surface area contributed by atoms with Gasteiger partial charge in [0.1, 0.15) is 5.75 Å². The molecule has 0 amide bonds. The molecule has 19 heavy (non-hydrogen) atoms. The van der Waals surface area contributed by atoms with E-state index in [4.69, 9.17) is 16.3 Å². The van der Waals surface area contributed by atoms with E-state index in [0.717, 1.165) is 10.4 Å². The van der Waals surface area contributed by atoms with Crippen LogP contribution >= 0.6 is 22.9 Å². The van der Waals surface area contributed by atoms with E-state index in [2.05, 4.69) is 0 Å². The predicted octanol–water partition coefficient (Wildman–Crippen LogP) is 4.75. The van der Waals surface area contributed by atoms with Crippen molar-refractivity contribution in [2.24, 2.45) is 0 Å². The molecule has 1 aromatic carbocycles. The zero-order valence-corrected chi connectivity index (χ0v) is 12.3. The number of rotatable bonds is 6. The van der Waals surface area contributed by atoms with Crippen molar-refractivity contribution in [3.8, 4) is 5.75 Å². The fourth-order valence-corrected chi connectivity index (χ4v) is 2.68. The summed E-state index contributed by atoms with van der Waals surface area (Å²) in [6.07, 6.45) is 1.20. The van der Waals surface area contributed by atoms with Crippen molar-refractivity contribution in [3.05, 3.63) is 51.2 Å². The van der Waals surface area contributed by atoms with E-state index < -0.39 is 0 Å². The quantitative estimate of drug-likeness (QED) is 0.567. The first kappa shape index (κ1) is 14.1. The monoisotopic (exact) mass is 294 g/mol. The zero-order valence-electron chi connectivity index (χ0n) is 10.7. The molecule has 0 bridgehead atoms. The Hall–Kier alpha value is -1.32. The lowest BCUT2D eigenvalue weighted by atomic mass is 10.2. The maximum Gasteiger partial charge on any atom is 0.172 e. The molecule has 0 aliphatic carbocycles. The van der Waals surface area contributed by atoms with E-state index in [9.17, 15) is 4.79 Å². The molecule has 100 valence electrons. The van der Waals surface area contributed by atoms with Gasteiger partial charge < -0.3 is 4.74 Å². The molecule has 0 aliphatic heterocycles. The molecule has 0 fully saturated rings. The second-order valence-corrected chi connectivity index (χ2v) is 5.64. The minimum atomic E-state index is 0.175. The molecule has 0 N–H and O–H groups in total. The Morgan fingerprint density at radius 1 is 1.37 bits per heavy atom. The van der Waals surface area contributed by atoms with Gasteiger partial charge in [-0.1, -0.05) is 23.7 Å². The summed E-state index contributed by atoms with van der Waals surface area (Å²) in [7, 11) is 0. The first-order valence-corrected chi connectivity index (χ1v) is 7.38. The van der Waals surface area contributed by atoms with Gasteiger partial charge in [-0.2, -0.15) is 0 Å². The smallest absolute Gasteiger partial charge is 0.172 e. The molecule has 0 saturated heterocycles. The molecule has 0 radical (unpaired) electrons. The van der Waals surface area contributed by atoms with Crippen LogP contribution in [0.2, 0.25) is 5.02 Å². The molecule has 2 nitrogen and oxygen atoms in total. The van der Waals surface area contributed by atoms with E-state index >= 15 is 0 Å². The molecule has 0 spiro atoms. The second kappa shape index (κ2) is 6.73. The van der Waals surface area contributed by atoms with Gasteiger partial charge in [0, 0.05) is 6.42 Å². The summed E-state index contributed by atoms with van der Waals surface area (Å²) in [6.45, 7) is 2.48. The number of hydrogen-bond donors (Lipinski definition) is 0. The van der Waals surface area contributed by atoms with Crippen molar-refractivity contribution >= 4 is 28.7 Å². The highest BCUT2D eigenvalue weighted by Gasteiger charge is 2.07. The lowest BCUT2D eigenvalue weighted by Crippen LogP contribution is -2.02. The normalized spacial score (nSPS) is 10.4. The summed E-state index contributed by atoms with van der Waals surface area (Å²) in [5.74, 6) is 0.851. The molecule has 4 heteroatoms. The Bertz CT molecular complexity index is 549. The second-order valence-electron chi connectivity index (χ2n) is 4.29. The number of ketones is 1. The van der Waals surface area contributed by atoms with Gasteiger partial charge >= 0.3 is 0 Å². The van der Waals surface area contributed by atoms with E-state index in [1.165, 1.54) is 11.3 Å². The third kappa shape index (κ3) is 4.08. The van der Waals surface area contributed by atoms with Crippen LogP contribution in [0.4, 0.5) is 0 Å². The summed E-state index contributed by atoms with van der Waals surface area (Å²) >= 11 is 7.54. The van der Waals surface area contributed by atoms with Crippen LogP contribution in [0.3, 0.4) is 0 Å². The van der Waals surface area contributed by atoms with E-state index in [-0.39, 0.29) is 5.78 Å². The predicted molar refractivity (Wildman–Crippen MR) is 79.6 cm³/mol. The highest BCUT2D eigenvalue weighted by molar-refractivity contribution is 7.12. The van der Waals surface area contributed by atoms with E-state index in [0.29, 0.717) is 30.2 Å².